The first-order chi connectivity index (χ1) is 10.5. The lowest BCUT2D eigenvalue weighted by Crippen LogP contribution is -2.53. The molecule has 4 nitrogen and oxygen atoms in total. The maximum atomic E-state index is 10.3. The van der Waals surface area contributed by atoms with Crippen molar-refractivity contribution in [3.8, 4) is 0 Å². The van der Waals surface area contributed by atoms with Crippen LogP contribution in [0.5, 0.6) is 0 Å². The molecule has 22 heavy (non-hydrogen) atoms. The molecule has 3 aliphatic rings. The van der Waals surface area contributed by atoms with Gasteiger partial charge in [-0.3, -0.25) is 0 Å². The van der Waals surface area contributed by atoms with Gasteiger partial charge >= 0.3 is 0 Å². The Kier molecular flexibility index (Phi) is 4.05. The molecular weight excluding hydrogens is 276 g/mol. The Hall–Kier alpha value is -2.04. The van der Waals surface area contributed by atoms with Crippen LogP contribution in [0.4, 0.5) is 0 Å². The lowest BCUT2D eigenvalue weighted by atomic mass is 9.67. The van der Waals surface area contributed by atoms with Crippen LogP contribution in [0.2, 0.25) is 0 Å². The van der Waals surface area contributed by atoms with E-state index < -0.39 is 12.2 Å². The molecule has 0 aromatic heterocycles. The second-order valence-electron chi connectivity index (χ2n) is 6.06. The molecular formula is C18H22N2O2. The molecule has 0 unspecified atom stereocenters. The third kappa shape index (κ3) is 2.93. The quantitative estimate of drug-likeness (QED) is 0.815. The fourth-order valence-electron chi connectivity index (χ4n) is 2.86. The van der Waals surface area contributed by atoms with Gasteiger partial charge in [-0.25, -0.2) is 0 Å². The summed E-state index contributed by atoms with van der Waals surface area (Å²) < 4.78 is 0. The number of aliphatic hydroxyl groups excluding tert-OH is 2. The number of aliphatic hydroxyl groups is 2. The maximum absolute atomic E-state index is 10.3. The van der Waals surface area contributed by atoms with E-state index in [9.17, 15) is 10.2 Å². The fourth-order valence-corrected chi connectivity index (χ4v) is 2.86. The zero-order valence-corrected chi connectivity index (χ0v) is 12.9. The monoisotopic (exact) mass is 298 g/mol. The summed E-state index contributed by atoms with van der Waals surface area (Å²) in [5.74, 6) is -0.428. The highest BCUT2D eigenvalue weighted by Gasteiger charge is 2.46. The first kappa shape index (κ1) is 14.9. The van der Waals surface area contributed by atoms with Crippen LogP contribution in [0, 0.1) is 11.8 Å². The third-order valence-corrected chi connectivity index (χ3v) is 4.36. The summed E-state index contributed by atoms with van der Waals surface area (Å²) in [6.45, 7) is 0. The van der Waals surface area contributed by atoms with E-state index in [0.29, 0.717) is 0 Å². The van der Waals surface area contributed by atoms with E-state index >= 15 is 0 Å². The standard InChI is InChI=1S/C18H22N2O2/c1-19-7-3-13(4-8-19)11-15-17(21)16(18(15)22)12-14-5-9-20(2)10-6-14/h3-12,15-18,21-22H,1-2H3. The van der Waals surface area contributed by atoms with Crippen molar-refractivity contribution >= 4 is 0 Å². The minimum absolute atomic E-state index is 0.214. The van der Waals surface area contributed by atoms with Crippen LogP contribution >= 0.6 is 0 Å². The lowest BCUT2D eigenvalue weighted by Gasteiger charge is -2.44. The van der Waals surface area contributed by atoms with Gasteiger partial charge in [-0.05, 0) is 35.5 Å². The molecule has 2 aliphatic heterocycles. The van der Waals surface area contributed by atoms with Crippen molar-refractivity contribution in [3.05, 3.63) is 72.4 Å². The third-order valence-electron chi connectivity index (χ3n) is 4.36. The summed E-state index contributed by atoms with van der Waals surface area (Å²) >= 11 is 0. The van der Waals surface area contributed by atoms with E-state index in [1.54, 1.807) is 0 Å². The van der Waals surface area contributed by atoms with Crippen LogP contribution in [-0.2, 0) is 0 Å². The zero-order chi connectivity index (χ0) is 15.7. The Morgan fingerprint density at radius 3 is 1.36 bits per heavy atom. The van der Waals surface area contributed by atoms with E-state index in [-0.39, 0.29) is 11.8 Å². The van der Waals surface area contributed by atoms with Gasteiger partial charge in [0.1, 0.15) is 0 Å². The van der Waals surface area contributed by atoms with E-state index in [0.717, 1.165) is 11.1 Å². The van der Waals surface area contributed by atoms with Crippen LogP contribution in [0.1, 0.15) is 0 Å². The number of rotatable bonds is 2. The highest BCUT2D eigenvalue weighted by atomic mass is 16.3. The minimum Gasteiger partial charge on any atom is -0.392 e. The number of hydrogen-bond acceptors (Lipinski definition) is 4. The van der Waals surface area contributed by atoms with Crippen LogP contribution in [0.25, 0.3) is 0 Å². The molecule has 2 N–H and O–H groups in total. The van der Waals surface area contributed by atoms with Gasteiger partial charge in [-0.15, -0.1) is 0 Å². The van der Waals surface area contributed by atoms with Gasteiger partial charge in [0.15, 0.2) is 0 Å². The van der Waals surface area contributed by atoms with Crippen LogP contribution in [-0.4, -0.2) is 46.3 Å². The van der Waals surface area contributed by atoms with Crippen molar-refractivity contribution in [1.29, 1.82) is 0 Å². The lowest BCUT2D eigenvalue weighted by molar-refractivity contribution is -0.110. The smallest absolute Gasteiger partial charge is 0.0716 e. The molecule has 1 fully saturated rings. The Bertz CT molecular complexity index is 519. The van der Waals surface area contributed by atoms with Gasteiger partial charge in [-0.1, -0.05) is 12.2 Å². The van der Waals surface area contributed by atoms with E-state index in [1.165, 1.54) is 0 Å². The second-order valence-corrected chi connectivity index (χ2v) is 6.06. The summed E-state index contributed by atoms with van der Waals surface area (Å²) in [6, 6.07) is 0. The summed E-state index contributed by atoms with van der Waals surface area (Å²) in [7, 11) is 3.92. The molecule has 1 aliphatic carbocycles. The molecule has 0 amide bonds. The Morgan fingerprint density at radius 1 is 0.727 bits per heavy atom. The average Bonchev–Trinajstić information content (AvgIpc) is 2.53. The Morgan fingerprint density at radius 2 is 1.05 bits per heavy atom. The maximum Gasteiger partial charge on any atom is 0.0716 e. The SMILES string of the molecule is CN1C=CC(=CC2C(O)C(C=C3C=CN(C)C=C3)C2O)C=C1. The van der Waals surface area contributed by atoms with E-state index in [2.05, 4.69) is 0 Å². The molecule has 0 saturated heterocycles. The summed E-state index contributed by atoms with van der Waals surface area (Å²) in [4.78, 5) is 3.91. The van der Waals surface area contributed by atoms with Gasteiger partial charge in [-0.2, -0.15) is 0 Å². The van der Waals surface area contributed by atoms with Gasteiger partial charge in [0.2, 0.25) is 0 Å². The van der Waals surface area contributed by atoms with Crippen LogP contribution < -0.4 is 0 Å². The molecule has 4 heteroatoms. The van der Waals surface area contributed by atoms with Crippen molar-refractivity contribution in [1.82, 2.24) is 9.80 Å². The Balaban J connectivity index is 1.67. The van der Waals surface area contributed by atoms with Crippen LogP contribution in [0.15, 0.2) is 72.4 Å². The number of allylic oxidation sites excluding steroid dienone is 6. The first-order valence-electron chi connectivity index (χ1n) is 7.51. The first-order valence-corrected chi connectivity index (χ1v) is 7.51. The second kappa shape index (κ2) is 5.99. The average molecular weight is 298 g/mol. The van der Waals surface area contributed by atoms with Gasteiger partial charge < -0.3 is 20.0 Å². The highest BCUT2D eigenvalue weighted by Crippen LogP contribution is 2.38. The number of nitrogens with zero attached hydrogens (tertiary/aromatic N) is 2. The molecule has 0 spiro atoms. The van der Waals surface area contributed by atoms with Crippen molar-refractivity contribution in [2.24, 2.45) is 11.8 Å². The largest absolute Gasteiger partial charge is 0.392 e. The molecule has 0 bridgehead atoms. The summed E-state index contributed by atoms with van der Waals surface area (Å²) in [5.41, 5.74) is 2.04. The van der Waals surface area contributed by atoms with Crippen molar-refractivity contribution < 1.29 is 10.2 Å². The molecule has 0 atom stereocenters. The highest BCUT2D eigenvalue weighted by molar-refractivity contribution is 5.38. The zero-order valence-electron chi connectivity index (χ0n) is 12.9. The van der Waals surface area contributed by atoms with Gasteiger partial charge in [0.05, 0.1) is 12.2 Å². The molecule has 2 heterocycles. The van der Waals surface area contributed by atoms with E-state index in [1.807, 2.05) is 85.2 Å². The Labute approximate surface area is 131 Å². The molecule has 0 aromatic rings. The number of hydrogen-bond donors (Lipinski definition) is 2. The topological polar surface area (TPSA) is 46.9 Å². The molecule has 116 valence electrons. The van der Waals surface area contributed by atoms with Crippen molar-refractivity contribution in [2.45, 2.75) is 12.2 Å². The van der Waals surface area contributed by atoms with Crippen LogP contribution in [0.3, 0.4) is 0 Å². The van der Waals surface area contributed by atoms with Crippen molar-refractivity contribution in [3.63, 3.8) is 0 Å². The molecule has 0 radical (unpaired) electrons. The molecule has 0 aromatic carbocycles. The fraction of sp³-hybridized carbons (Fsp3) is 0.333. The van der Waals surface area contributed by atoms with Gasteiger partial charge in [0.25, 0.3) is 0 Å². The minimum atomic E-state index is -0.544. The summed E-state index contributed by atoms with van der Waals surface area (Å²) in [5, 5.41) is 20.7. The molecule has 3 rings (SSSR count). The van der Waals surface area contributed by atoms with E-state index in [4.69, 9.17) is 0 Å². The normalized spacial score (nSPS) is 33.3. The summed E-state index contributed by atoms with van der Waals surface area (Å²) in [6.07, 6.45) is 18.6. The van der Waals surface area contributed by atoms with Gasteiger partial charge in [0, 0.05) is 50.7 Å². The predicted molar refractivity (Wildman–Crippen MR) is 87.2 cm³/mol. The van der Waals surface area contributed by atoms with Crippen molar-refractivity contribution in [2.75, 3.05) is 14.1 Å². The molecule has 1 saturated carbocycles. The predicted octanol–water partition coefficient (Wildman–Crippen LogP) is 1.75.